The number of hydrogen-bond acceptors (Lipinski definition) is 2. The van der Waals surface area contributed by atoms with Crippen LogP contribution >= 0.6 is 27.5 Å². The van der Waals surface area contributed by atoms with Crippen LogP contribution in [0, 0.1) is 0 Å². The van der Waals surface area contributed by atoms with Crippen LogP contribution in [0.2, 0.25) is 5.02 Å². The molecule has 2 nitrogen and oxygen atoms in total. The van der Waals surface area contributed by atoms with E-state index in [0.29, 0.717) is 5.02 Å². The van der Waals surface area contributed by atoms with E-state index in [1.165, 1.54) is 5.56 Å². The maximum absolute atomic E-state index is 6.02. The summed E-state index contributed by atoms with van der Waals surface area (Å²) in [5.41, 5.74) is 3.18. The van der Waals surface area contributed by atoms with Gasteiger partial charge in [0.2, 0.25) is 0 Å². The minimum absolute atomic E-state index is 0.198. The number of nitrogens with zero attached hydrogens (tertiary/aromatic N) is 1. The first-order valence-corrected chi connectivity index (χ1v) is 7.87. The van der Waals surface area contributed by atoms with Crippen LogP contribution in [0.3, 0.4) is 0 Å². The summed E-state index contributed by atoms with van der Waals surface area (Å²) in [6.45, 7) is 2.14. The first-order valence-electron chi connectivity index (χ1n) is 6.70. The number of rotatable bonds is 3. The van der Waals surface area contributed by atoms with Gasteiger partial charge in [0.05, 0.1) is 5.52 Å². The molecule has 21 heavy (non-hydrogen) atoms. The van der Waals surface area contributed by atoms with Crippen LogP contribution in [0.5, 0.6) is 0 Å². The number of pyridine rings is 1. The highest BCUT2D eigenvalue weighted by molar-refractivity contribution is 9.10. The second-order valence-electron chi connectivity index (χ2n) is 4.94. The van der Waals surface area contributed by atoms with E-state index in [-0.39, 0.29) is 6.04 Å². The Morgan fingerprint density at radius 1 is 1.14 bits per heavy atom. The lowest BCUT2D eigenvalue weighted by Crippen LogP contribution is -2.07. The minimum Gasteiger partial charge on any atom is -0.378 e. The van der Waals surface area contributed by atoms with Gasteiger partial charge >= 0.3 is 0 Å². The number of fused-ring (bicyclic) bond motifs is 1. The SMILES string of the molecule is CC(Nc1ccnc2cc(Cl)ccc12)c1cccc(Br)c1. The Balaban J connectivity index is 1.94. The average molecular weight is 362 g/mol. The Morgan fingerprint density at radius 3 is 2.81 bits per heavy atom. The molecule has 2 aromatic carbocycles. The molecule has 0 aliphatic carbocycles. The van der Waals surface area contributed by atoms with E-state index >= 15 is 0 Å². The summed E-state index contributed by atoms with van der Waals surface area (Å²) >= 11 is 9.54. The van der Waals surface area contributed by atoms with Gasteiger partial charge in [0.1, 0.15) is 0 Å². The third kappa shape index (κ3) is 3.20. The molecule has 4 heteroatoms. The molecule has 0 aliphatic heterocycles. The summed E-state index contributed by atoms with van der Waals surface area (Å²) in [6, 6.07) is 16.3. The molecule has 106 valence electrons. The van der Waals surface area contributed by atoms with Crippen LogP contribution in [0.25, 0.3) is 10.9 Å². The Morgan fingerprint density at radius 2 is 2.00 bits per heavy atom. The zero-order valence-electron chi connectivity index (χ0n) is 11.5. The van der Waals surface area contributed by atoms with Crippen molar-refractivity contribution in [3.05, 3.63) is 69.8 Å². The van der Waals surface area contributed by atoms with Crippen molar-refractivity contribution in [3.8, 4) is 0 Å². The molecule has 1 atom stereocenters. The predicted molar refractivity (Wildman–Crippen MR) is 92.9 cm³/mol. The van der Waals surface area contributed by atoms with Gasteiger partial charge in [-0.25, -0.2) is 0 Å². The van der Waals surface area contributed by atoms with E-state index in [1.54, 1.807) is 6.20 Å². The van der Waals surface area contributed by atoms with Crippen LogP contribution < -0.4 is 5.32 Å². The highest BCUT2D eigenvalue weighted by Crippen LogP contribution is 2.28. The molecule has 0 fully saturated rings. The first kappa shape index (κ1) is 14.4. The molecule has 0 spiro atoms. The second-order valence-corrected chi connectivity index (χ2v) is 6.29. The second kappa shape index (κ2) is 6.04. The summed E-state index contributed by atoms with van der Waals surface area (Å²) in [5.74, 6) is 0. The zero-order valence-corrected chi connectivity index (χ0v) is 13.8. The minimum atomic E-state index is 0.198. The molecule has 0 amide bonds. The fourth-order valence-corrected chi connectivity index (χ4v) is 2.92. The number of nitrogens with one attached hydrogen (secondary N) is 1. The predicted octanol–water partition coefficient (Wildman–Crippen LogP) is 5.82. The van der Waals surface area contributed by atoms with Crippen molar-refractivity contribution in [1.82, 2.24) is 4.98 Å². The smallest absolute Gasteiger partial charge is 0.0737 e. The Bertz CT molecular complexity index is 789. The van der Waals surface area contributed by atoms with Gasteiger partial charge in [0.15, 0.2) is 0 Å². The normalized spacial score (nSPS) is 12.3. The molecule has 1 N–H and O–H groups in total. The van der Waals surface area contributed by atoms with Gasteiger partial charge in [-0.05, 0) is 48.9 Å². The number of hydrogen-bond donors (Lipinski definition) is 1. The Kier molecular flexibility index (Phi) is 4.13. The summed E-state index contributed by atoms with van der Waals surface area (Å²) in [5, 5.41) is 5.32. The highest BCUT2D eigenvalue weighted by atomic mass is 79.9. The zero-order chi connectivity index (χ0) is 14.8. The van der Waals surface area contributed by atoms with Gasteiger partial charge < -0.3 is 5.32 Å². The van der Waals surface area contributed by atoms with Crippen molar-refractivity contribution in [2.75, 3.05) is 5.32 Å². The summed E-state index contributed by atoms with van der Waals surface area (Å²) in [4.78, 5) is 4.36. The van der Waals surface area contributed by atoms with Crippen molar-refractivity contribution < 1.29 is 0 Å². The molecule has 0 aliphatic rings. The topological polar surface area (TPSA) is 24.9 Å². The van der Waals surface area contributed by atoms with Crippen LogP contribution in [0.1, 0.15) is 18.5 Å². The van der Waals surface area contributed by atoms with E-state index in [2.05, 4.69) is 45.3 Å². The van der Waals surface area contributed by atoms with Crippen LogP contribution in [-0.2, 0) is 0 Å². The maximum atomic E-state index is 6.02. The molecule has 0 radical (unpaired) electrons. The molecular formula is C17H14BrClN2. The van der Waals surface area contributed by atoms with E-state index in [4.69, 9.17) is 11.6 Å². The summed E-state index contributed by atoms with van der Waals surface area (Å²) in [6.07, 6.45) is 1.80. The van der Waals surface area contributed by atoms with Crippen molar-refractivity contribution >= 4 is 44.1 Å². The van der Waals surface area contributed by atoms with Crippen LogP contribution in [0.4, 0.5) is 5.69 Å². The average Bonchev–Trinajstić information content (AvgIpc) is 2.47. The van der Waals surface area contributed by atoms with Gasteiger partial charge in [-0.1, -0.05) is 39.7 Å². The van der Waals surface area contributed by atoms with E-state index in [9.17, 15) is 0 Å². The number of aromatic nitrogens is 1. The maximum Gasteiger partial charge on any atom is 0.0737 e. The standard InChI is InChI=1S/C17H14BrClN2/c1-11(12-3-2-4-13(18)9-12)21-16-7-8-20-17-10-14(19)5-6-15(16)17/h2-11H,1H3,(H,20,21). The van der Waals surface area contributed by atoms with E-state index < -0.39 is 0 Å². The quantitative estimate of drug-likeness (QED) is 0.635. The molecule has 1 heterocycles. The van der Waals surface area contributed by atoms with Crippen molar-refractivity contribution in [2.45, 2.75) is 13.0 Å². The van der Waals surface area contributed by atoms with Crippen molar-refractivity contribution in [3.63, 3.8) is 0 Å². The van der Waals surface area contributed by atoms with Gasteiger partial charge in [-0.3, -0.25) is 4.98 Å². The highest BCUT2D eigenvalue weighted by Gasteiger charge is 2.08. The number of anilines is 1. The molecule has 0 saturated carbocycles. The van der Waals surface area contributed by atoms with E-state index in [1.807, 2.05) is 36.4 Å². The van der Waals surface area contributed by atoms with Crippen LogP contribution in [-0.4, -0.2) is 4.98 Å². The van der Waals surface area contributed by atoms with Gasteiger partial charge in [-0.2, -0.15) is 0 Å². The number of benzene rings is 2. The molecule has 3 rings (SSSR count). The van der Waals surface area contributed by atoms with Crippen molar-refractivity contribution in [2.24, 2.45) is 0 Å². The Hall–Kier alpha value is -1.58. The fourth-order valence-electron chi connectivity index (χ4n) is 2.34. The van der Waals surface area contributed by atoms with Crippen LogP contribution in [0.15, 0.2) is 59.2 Å². The molecule has 1 aromatic heterocycles. The molecular weight excluding hydrogens is 348 g/mol. The fraction of sp³-hybridized carbons (Fsp3) is 0.118. The lowest BCUT2D eigenvalue weighted by Gasteiger charge is -2.17. The van der Waals surface area contributed by atoms with Crippen molar-refractivity contribution in [1.29, 1.82) is 0 Å². The molecule has 3 aromatic rings. The number of halogens is 2. The summed E-state index contributed by atoms with van der Waals surface area (Å²) in [7, 11) is 0. The first-order chi connectivity index (χ1) is 10.1. The molecule has 0 bridgehead atoms. The third-order valence-electron chi connectivity index (χ3n) is 3.43. The monoisotopic (exact) mass is 360 g/mol. The Labute approximate surface area is 137 Å². The van der Waals surface area contributed by atoms with E-state index in [0.717, 1.165) is 21.1 Å². The van der Waals surface area contributed by atoms with Gasteiger partial charge in [0, 0.05) is 32.8 Å². The lowest BCUT2D eigenvalue weighted by molar-refractivity contribution is 0.885. The largest absolute Gasteiger partial charge is 0.378 e. The molecule has 0 saturated heterocycles. The lowest BCUT2D eigenvalue weighted by atomic mass is 10.1. The van der Waals surface area contributed by atoms with Gasteiger partial charge in [0.25, 0.3) is 0 Å². The summed E-state index contributed by atoms with van der Waals surface area (Å²) < 4.78 is 1.08. The third-order valence-corrected chi connectivity index (χ3v) is 4.15. The molecule has 1 unspecified atom stereocenters. The van der Waals surface area contributed by atoms with Gasteiger partial charge in [-0.15, -0.1) is 0 Å².